The molecule has 0 aliphatic heterocycles. The first-order chi connectivity index (χ1) is 15.0. The molecule has 0 aliphatic rings. The largest absolute Gasteiger partial charge is 0.270 e. The van der Waals surface area contributed by atoms with Crippen molar-refractivity contribution in [2.45, 2.75) is 11.8 Å². The maximum atomic E-state index is 13.2. The Morgan fingerprint density at radius 3 is 2.68 bits per heavy atom. The van der Waals surface area contributed by atoms with Crippen LogP contribution in [0, 0.1) is 6.92 Å². The van der Waals surface area contributed by atoms with Gasteiger partial charge in [-0.25, -0.2) is 23.4 Å². The Balaban J connectivity index is 1.49. The summed E-state index contributed by atoms with van der Waals surface area (Å²) in [6.45, 7) is 1.80. The van der Waals surface area contributed by atoms with E-state index in [1.807, 2.05) is 41.8 Å². The van der Waals surface area contributed by atoms with Gasteiger partial charge in [0.25, 0.3) is 10.0 Å². The molecule has 0 saturated carbocycles. The number of para-hydroxylation sites is 1. The van der Waals surface area contributed by atoms with Gasteiger partial charge in [-0.15, -0.1) is 22.7 Å². The standard InChI is InChI=1S/C22H16N4O2S3/c1-14-23-11-9-18(24-14)15-5-4-6-16(13-15)31(27,28)26-22-17(10-12-29-22)21-25-19-7-2-3-8-20(19)30-21/h2-13,26H,1H3. The van der Waals surface area contributed by atoms with E-state index >= 15 is 0 Å². The van der Waals surface area contributed by atoms with Gasteiger partial charge in [0.15, 0.2) is 0 Å². The molecule has 9 heteroatoms. The van der Waals surface area contributed by atoms with E-state index in [9.17, 15) is 8.42 Å². The summed E-state index contributed by atoms with van der Waals surface area (Å²) in [7, 11) is -3.79. The first kappa shape index (κ1) is 19.8. The van der Waals surface area contributed by atoms with Crippen molar-refractivity contribution >= 4 is 47.9 Å². The van der Waals surface area contributed by atoms with Crippen molar-refractivity contribution in [3.8, 4) is 21.8 Å². The number of rotatable bonds is 5. The molecule has 0 bridgehead atoms. The topological polar surface area (TPSA) is 84.8 Å². The number of aryl methyl sites for hydroxylation is 1. The summed E-state index contributed by atoms with van der Waals surface area (Å²) < 4.78 is 30.1. The van der Waals surface area contributed by atoms with Crippen molar-refractivity contribution < 1.29 is 8.42 Å². The summed E-state index contributed by atoms with van der Waals surface area (Å²) in [6.07, 6.45) is 1.66. The first-order valence-corrected chi connectivity index (χ1v) is 12.5. The zero-order valence-corrected chi connectivity index (χ0v) is 18.8. The second-order valence-electron chi connectivity index (χ2n) is 6.77. The zero-order valence-electron chi connectivity index (χ0n) is 16.3. The third-order valence-electron chi connectivity index (χ3n) is 4.63. The molecule has 5 aromatic rings. The van der Waals surface area contributed by atoms with Crippen LogP contribution in [-0.2, 0) is 10.0 Å². The van der Waals surface area contributed by atoms with Crippen molar-refractivity contribution in [2.75, 3.05) is 4.72 Å². The Morgan fingerprint density at radius 1 is 0.968 bits per heavy atom. The lowest BCUT2D eigenvalue weighted by Crippen LogP contribution is -2.12. The van der Waals surface area contributed by atoms with Gasteiger partial charge >= 0.3 is 0 Å². The van der Waals surface area contributed by atoms with Crippen LogP contribution in [0.5, 0.6) is 0 Å². The van der Waals surface area contributed by atoms with Gasteiger partial charge in [-0.3, -0.25) is 4.72 Å². The molecule has 0 aliphatic carbocycles. The van der Waals surface area contributed by atoms with Crippen LogP contribution in [0.2, 0.25) is 0 Å². The van der Waals surface area contributed by atoms with Crippen molar-refractivity contribution in [3.05, 3.63) is 78.1 Å². The molecule has 31 heavy (non-hydrogen) atoms. The number of anilines is 1. The fraction of sp³-hybridized carbons (Fsp3) is 0.0455. The van der Waals surface area contributed by atoms with E-state index in [0.717, 1.165) is 20.8 Å². The van der Waals surface area contributed by atoms with E-state index < -0.39 is 10.0 Å². The Hall–Kier alpha value is -3.14. The van der Waals surface area contributed by atoms with Crippen LogP contribution in [0.3, 0.4) is 0 Å². The lowest BCUT2D eigenvalue weighted by molar-refractivity contribution is 0.601. The lowest BCUT2D eigenvalue weighted by Gasteiger charge is -2.09. The predicted octanol–water partition coefficient (Wildman–Crippen LogP) is 5.59. The van der Waals surface area contributed by atoms with Crippen LogP contribution in [0.1, 0.15) is 5.82 Å². The normalized spacial score (nSPS) is 11.6. The number of nitrogens with zero attached hydrogens (tertiary/aromatic N) is 3. The van der Waals surface area contributed by atoms with E-state index in [4.69, 9.17) is 0 Å². The monoisotopic (exact) mass is 464 g/mol. The second-order valence-corrected chi connectivity index (χ2v) is 10.4. The summed E-state index contributed by atoms with van der Waals surface area (Å²) in [6, 6.07) is 18.3. The summed E-state index contributed by atoms with van der Waals surface area (Å²) in [4.78, 5) is 13.3. The molecule has 0 spiro atoms. The molecule has 0 unspecified atom stereocenters. The number of sulfonamides is 1. The minimum atomic E-state index is -3.79. The average Bonchev–Trinajstić information content (AvgIpc) is 3.40. The third-order valence-corrected chi connectivity index (χ3v) is 8.01. The van der Waals surface area contributed by atoms with Gasteiger partial charge in [0.2, 0.25) is 0 Å². The molecule has 0 fully saturated rings. The smallest absolute Gasteiger partial charge is 0.262 e. The molecular formula is C22H16N4O2S3. The van der Waals surface area contributed by atoms with Crippen LogP contribution in [0.25, 0.3) is 32.0 Å². The minimum absolute atomic E-state index is 0.171. The number of hydrogen-bond donors (Lipinski definition) is 1. The molecule has 3 aromatic heterocycles. The number of nitrogens with one attached hydrogen (secondary N) is 1. The fourth-order valence-electron chi connectivity index (χ4n) is 3.16. The molecular weight excluding hydrogens is 448 g/mol. The summed E-state index contributed by atoms with van der Waals surface area (Å²) >= 11 is 2.87. The number of aromatic nitrogens is 3. The molecule has 2 aromatic carbocycles. The van der Waals surface area contributed by atoms with Crippen LogP contribution >= 0.6 is 22.7 Å². The predicted molar refractivity (Wildman–Crippen MR) is 126 cm³/mol. The van der Waals surface area contributed by atoms with Gasteiger partial charge in [0.1, 0.15) is 15.8 Å². The van der Waals surface area contributed by atoms with E-state index in [-0.39, 0.29) is 4.90 Å². The van der Waals surface area contributed by atoms with Gasteiger partial charge in [-0.1, -0.05) is 24.3 Å². The Bertz CT molecular complexity index is 1470. The quantitative estimate of drug-likeness (QED) is 0.366. The second kappa shape index (κ2) is 7.84. The first-order valence-electron chi connectivity index (χ1n) is 9.36. The SMILES string of the molecule is Cc1nccc(-c2cccc(S(=O)(=O)Nc3sccc3-c3nc4ccccc4s3)c2)n1. The number of hydrogen-bond acceptors (Lipinski definition) is 7. The highest BCUT2D eigenvalue weighted by Crippen LogP contribution is 2.38. The molecule has 0 saturated heterocycles. The molecule has 0 atom stereocenters. The molecule has 3 heterocycles. The molecule has 154 valence electrons. The maximum Gasteiger partial charge on any atom is 0.262 e. The van der Waals surface area contributed by atoms with E-state index in [1.54, 1.807) is 37.4 Å². The Kier molecular flexibility index (Phi) is 5.01. The third kappa shape index (κ3) is 3.95. The van der Waals surface area contributed by atoms with Crippen LogP contribution in [-0.4, -0.2) is 23.4 Å². The highest BCUT2D eigenvalue weighted by molar-refractivity contribution is 7.93. The van der Waals surface area contributed by atoms with Crippen molar-refractivity contribution in [1.29, 1.82) is 0 Å². The molecule has 6 nitrogen and oxygen atoms in total. The maximum absolute atomic E-state index is 13.2. The van der Waals surface area contributed by atoms with Crippen LogP contribution in [0.15, 0.2) is 77.1 Å². The van der Waals surface area contributed by atoms with Crippen molar-refractivity contribution in [2.24, 2.45) is 0 Å². The van der Waals surface area contributed by atoms with Gasteiger partial charge in [-0.2, -0.15) is 0 Å². The number of fused-ring (bicyclic) bond motifs is 1. The van der Waals surface area contributed by atoms with E-state index in [0.29, 0.717) is 22.1 Å². The summed E-state index contributed by atoms with van der Waals surface area (Å²) in [5.41, 5.74) is 3.06. The van der Waals surface area contributed by atoms with E-state index in [2.05, 4.69) is 19.7 Å². The van der Waals surface area contributed by atoms with Crippen molar-refractivity contribution in [1.82, 2.24) is 15.0 Å². The van der Waals surface area contributed by atoms with Crippen LogP contribution in [0.4, 0.5) is 5.00 Å². The molecule has 1 N–H and O–H groups in total. The lowest BCUT2D eigenvalue weighted by atomic mass is 10.1. The Labute approximate surface area is 187 Å². The minimum Gasteiger partial charge on any atom is -0.270 e. The van der Waals surface area contributed by atoms with E-state index in [1.165, 1.54) is 22.7 Å². The van der Waals surface area contributed by atoms with Gasteiger partial charge < -0.3 is 0 Å². The van der Waals surface area contributed by atoms with Gasteiger partial charge in [0, 0.05) is 17.3 Å². The molecule has 0 amide bonds. The number of benzene rings is 2. The van der Waals surface area contributed by atoms with Crippen molar-refractivity contribution in [3.63, 3.8) is 0 Å². The van der Waals surface area contributed by atoms with Gasteiger partial charge in [0.05, 0.1) is 20.8 Å². The Morgan fingerprint density at radius 2 is 1.84 bits per heavy atom. The highest BCUT2D eigenvalue weighted by Gasteiger charge is 2.20. The average molecular weight is 465 g/mol. The van der Waals surface area contributed by atoms with Gasteiger partial charge in [-0.05, 0) is 48.7 Å². The zero-order chi connectivity index (χ0) is 21.4. The summed E-state index contributed by atoms with van der Waals surface area (Å²) in [5, 5.41) is 3.19. The highest BCUT2D eigenvalue weighted by atomic mass is 32.2. The molecule has 0 radical (unpaired) electrons. The number of thiazole rings is 1. The summed E-state index contributed by atoms with van der Waals surface area (Å²) in [5.74, 6) is 0.628. The fourth-order valence-corrected chi connectivity index (χ4v) is 6.39. The molecule has 5 rings (SSSR count). The van der Waals surface area contributed by atoms with Crippen LogP contribution < -0.4 is 4.72 Å². The number of thiophene rings is 1.